The topological polar surface area (TPSA) is 73.6 Å². The van der Waals surface area contributed by atoms with Crippen molar-refractivity contribution < 1.29 is 18.8 Å². The number of hydrogen-bond donors (Lipinski definition) is 1. The van der Waals surface area contributed by atoms with E-state index in [9.17, 15) is 4.79 Å². The maximum Gasteiger partial charge on any atom is 0.306 e. The third-order valence-corrected chi connectivity index (χ3v) is 7.57. The second kappa shape index (κ2) is 11.4. The zero-order valence-electron chi connectivity index (χ0n) is 23.1. The van der Waals surface area contributed by atoms with Crippen molar-refractivity contribution in [3.8, 4) is 28.2 Å². The molecule has 1 N–H and O–H groups in total. The predicted octanol–water partition coefficient (Wildman–Crippen LogP) is 7.35. The Hall–Kier alpha value is -4.06. The molecule has 0 bridgehead atoms. The number of ether oxygens (including phenoxy) is 2. The molecule has 6 nitrogen and oxygen atoms in total. The molecule has 1 aromatic heterocycles. The van der Waals surface area contributed by atoms with Gasteiger partial charge in [-0.2, -0.15) is 0 Å². The highest BCUT2D eigenvalue weighted by molar-refractivity contribution is 5.77. The minimum absolute atomic E-state index is 0.0489. The highest BCUT2D eigenvalue weighted by Gasteiger charge is 2.46. The van der Waals surface area contributed by atoms with Gasteiger partial charge >= 0.3 is 5.97 Å². The van der Waals surface area contributed by atoms with Crippen molar-refractivity contribution in [3.05, 3.63) is 89.6 Å². The summed E-state index contributed by atoms with van der Waals surface area (Å²) in [7, 11) is 1.68. The van der Waals surface area contributed by atoms with Crippen molar-refractivity contribution in [3.63, 3.8) is 0 Å². The van der Waals surface area contributed by atoms with E-state index in [1.54, 1.807) is 7.11 Å². The first kappa shape index (κ1) is 26.5. The summed E-state index contributed by atoms with van der Waals surface area (Å²) < 4.78 is 16.2. The number of esters is 1. The zero-order valence-corrected chi connectivity index (χ0v) is 23.1. The zero-order chi connectivity index (χ0) is 27.4. The van der Waals surface area contributed by atoms with Gasteiger partial charge in [-0.25, -0.2) is 0 Å². The molecule has 202 valence electrons. The predicted molar refractivity (Wildman–Crippen MR) is 154 cm³/mol. The van der Waals surface area contributed by atoms with Gasteiger partial charge in [0.05, 0.1) is 20.1 Å². The summed E-state index contributed by atoms with van der Waals surface area (Å²) in [6.45, 7) is 6.40. The van der Waals surface area contributed by atoms with Crippen LogP contribution in [0, 0.1) is 6.92 Å². The van der Waals surface area contributed by atoms with Crippen molar-refractivity contribution in [1.29, 1.82) is 0 Å². The Labute approximate surface area is 230 Å². The van der Waals surface area contributed by atoms with Crippen molar-refractivity contribution in [2.24, 2.45) is 0 Å². The van der Waals surface area contributed by atoms with Crippen molar-refractivity contribution in [2.75, 3.05) is 19.0 Å². The number of methoxy groups -OCH3 is 1. The summed E-state index contributed by atoms with van der Waals surface area (Å²) in [5, 5.41) is 7.85. The number of nitrogens with zero attached hydrogens (tertiary/aromatic N) is 1. The van der Waals surface area contributed by atoms with Crippen LogP contribution in [0.15, 0.2) is 77.3 Å². The molecule has 1 unspecified atom stereocenters. The molecule has 1 heterocycles. The number of benzene rings is 3. The minimum Gasteiger partial charge on any atom is -0.497 e. The minimum atomic E-state index is -0.110. The molecule has 0 aliphatic heterocycles. The Morgan fingerprint density at radius 3 is 2.18 bits per heavy atom. The number of nitrogens with one attached hydrogen (secondary N) is 1. The lowest BCUT2D eigenvalue weighted by Gasteiger charge is -2.16. The molecular weight excluding hydrogens is 488 g/mol. The van der Waals surface area contributed by atoms with Crippen LogP contribution in [-0.4, -0.2) is 30.9 Å². The normalized spacial score (nSPS) is 14.5. The Morgan fingerprint density at radius 2 is 1.59 bits per heavy atom. The van der Waals surface area contributed by atoms with E-state index in [0.29, 0.717) is 13.0 Å². The second-order valence-corrected chi connectivity index (χ2v) is 10.5. The Kier molecular flexibility index (Phi) is 7.73. The van der Waals surface area contributed by atoms with Crippen LogP contribution in [0.3, 0.4) is 0 Å². The van der Waals surface area contributed by atoms with Gasteiger partial charge in [-0.15, -0.1) is 0 Å². The number of aromatic nitrogens is 1. The van der Waals surface area contributed by atoms with Crippen LogP contribution in [0.2, 0.25) is 0 Å². The summed E-state index contributed by atoms with van der Waals surface area (Å²) in [6, 6.07) is 25.3. The Bertz CT molecular complexity index is 1400. The fourth-order valence-corrected chi connectivity index (χ4v) is 5.19. The molecule has 39 heavy (non-hydrogen) atoms. The maximum absolute atomic E-state index is 12.1. The summed E-state index contributed by atoms with van der Waals surface area (Å²) in [4.78, 5) is 12.1. The van der Waals surface area contributed by atoms with Crippen molar-refractivity contribution in [2.45, 2.75) is 57.9 Å². The molecule has 4 aromatic rings. The lowest BCUT2D eigenvalue weighted by atomic mass is 9.91. The van der Waals surface area contributed by atoms with Gasteiger partial charge in [-0.1, -0.05) is 65.8 Å². The summed E-state index contributed by atoms with van der Waals surface area (Å²) >= 11 is 0. The van der Waals surface area contributed by atoms with Gasteiger partial charge in [0.15, 0.2) is 5.76 Å². The SMILES string of the molecule is CCOC(=O)CC1(c2ccc(-c3ccc(-c4onc(C)c4NC(C)Cc4ccc(OC)cc4)cc3)cc2)CC1. The largest absolute Gasteiger partial charge is 0.497 e. The third-order valence-electron chi connectivity index (χ3n) is 7.57. The van der Waals surface area contributed by atoms with E-state index >= 15 is 0 Å². The van der Waals surface area contributed by atoms with Crippen LogP contribution in [0.1, 0.15) is 49.9 Å². The lowest BCUT2D eigenvalue weighted by molar-refractivity contribution is -0.143. The smallest absolute Gasteiger partial charge is 0.306 e. The van der Waals surface area contributed by atoms with E-state index in [0.717, 1.165) is 58.8 Å². The Balaban J connectivity index is 1.27. The highest BCUT2D eigenvalue weighted by atomic mass is 16.5. The van der Waals surface area contributed by atoms with Crippen LogP contribution in [0.4, 0.5) is 5.69 Å². The van der Waals surface area contributed by atoms with Gasteiger partial charge in [-0.3, -0.25) is 4.79 Å². The average Bonchev–Trinajstić information content (AvgIpc) is 3.64. The summed E-state index contributed by atoms with van der Waals surface area (Å²) in [5.41, 5.74) is 7.39. The molecule has 3 aromatic carbocycles. The molecule has 0 amide bonds. The third kappa shape index (κ3) is 6.00. The number of hydrogen-bond acceptors (Lipinski definition) is 6. The molecule has 1 aliphatic rings. The fraction of sp³-hybridized carbons (Fsp3) is 0.333. The van der Waals surface area contributed by atoms with Gasteiger partial charge in [0.2, 0.25) is 0 Å². The molecule has 0 saturated heterocycles. The number of aryl methyl sites for hydroxylation is 1. The number of carbonyl (C=O) groups excluding carboxylic acids is 1. The first-order valence-corrected chi connectivity index (χ1v) is 13.6. The molecule has 5 rings (SSSR count). The van der Waals surface area contributed by atoms with Gasteiger partial charge in [0.1, 0.15) is 17.1 Å². The quantitative estimate of drug-likeness (QED) is 0.207. The van der Waals surface area contributed by atoms with Crippen molar-refractivity contribution in [1.82, 2.24) is 5.16 Å². The van der Waals surface area contributed by atoms with Crippen LogP contribution in [0.25, 0.3) is 22.5 Å². The van der Waals surface area contributed by atoms with Crippen molar-refractivity contribution >= 4 is 11.7 Å². The molecule has 0 spiro atoms. The van der Waals surface area contributed by atoms with Gasteiger partial charge < -0.3 is 19.3 Å². The molecule has 1 fully saturated rings. The summed E-state index contributed by atoms with van der Waals surface area (Å²) in [5.74, 6) is 1.49. The first-order valence-electron chi connectivity index (χ1n) is 13.6. The standard InChI is InChI=1S/C33H36N2O4/c1-5-38-30(36)21-33(18-19-33)28-14-12-26(13-15-28)25-8-10-27(11-9-25)32-31(23(3)35-39-32)34-22(2)20-24-6-16-29(37-4)17-7-24/h6-17,22,34H,5,18-21H2,1-4H3. The average molecular weight is 525 g/mol. The second-order valence-electron chi connectivity index (χ2n) is 10.5. The number of carbonyl (C=O) groups is 1. The molecule has 1 atom stereocenters. The van der Waals surface area contributed by atoms with E-state index in [-0.39, 0.29) is 17.4 Å². The van der Waals surface area contributed by atoms with Crippen LogP contribution in [-0.2, 0) is 21.4 Å². The van der Waals surface area contributed by atoms with Gasteiger partial charge in [0, 0.05) is 17.0 Å². The first-order chi connectivity index (χ1) is 18.9. The molecule has 1 aliphatic carbocycles. The maximum atomic E-state index is 12.1. The van der Waals surface area contributed by atoms with Gasteiger partial charge in [0.25, 0.3) is 0 Å². The molecule has 0 radical (unpaired) electrons. The van der Waals surface area contributed by atoms with E-state index in [4.69, 9.17) is 14.0 Å². The molecule has 6 heteroatoms. The van der Waals surface area contributed by atoms with Crippen LogP contribution < -0.4 is 10.1 Å². The summed E-state index contributed by atoms with van der Waals surface area (Å²) in [6.07, 6.45) is 3.39. The monoisotopic (exact) mass is 524 g/mol. The fourth-order valence-electron chi connectivity index (χ4n) is 5.19. The number of rotatable bonds is 11. The van der Waals surface area contributed by atoms with E-state index in [2.05, 4.69) is 78.1 Å². The van der Waals surface area contributed by atoms with Gasteiger partial charge in [-0.05, 0) is 74.4 Å². The van der Waals surface area contributed by atoms with Crippen LogP contribution >= 0.6 is 0 Å². The molecular formula is C33H36N2O4. The van der Waals surface area contributed by atoms with Crippen LogP contribution in [0.5, 0.6) is 5.75 Å². The lowest BCUT2D eigenvalue weighted by Crippen LogP contribution is -2.18. The van der Waals surface area contributed by atoms with E-state index < -0.39 is 0 Å². The molecule has 1 saturated carbocycles. The highest BCUT2D eigenvalue weighted by Crippen LogP contribution is 2.51. The Morgan fingerprint density at radius 1 is 0.974 bits per heavy atom. The van der Waals surface area contributed by atoms with E-state index in [1.807, 2.05) is 26.0 Å². The van der Waals surface area contributed by atoms with E-state index in [1.165, 1.54) is 11.1 Å². The number of anilines is 1.